The van der Waals surface area contributed by atoms with Gasteiger partial charge in [0.2, 0.25) is 0 Å². The van der Waals surface area contributed by atoms with E-state index in [9.17, 15) is 0 Å². The minimum atomic E-state index is -0.0376. The van der Waals surface area contributed by atoms with Gasteiger partial charge in [0.1, 0.15) is 0 Å². The molecule has 0 spiro atoms. The summed E-state index contributed by atoms with van der Waals surface area (Å²) in [6.07, 6.45) is 2.46. The summed E-state index contributed by atoms with van der Waals surface area (Å²) in [6.45, 7) is 8.25. The number of guanidine groups is 1. The monoisotopic (exact) mass is 308 g/mol. The van der Waals surface area contributed by atoms with Gasteiger partial charge in [-0.05, 0) is 64.6 Å². The summed E-state index contributed by atoms with van der Waals surface area (Å²) in [7, 11) is 2.22. The molecule has 2 atom stereocenters. The van der Waals surface area contributed by atoms with E-state index in [0.29, 0.717) is 17.9 Å². The number of hydrogen-bond acceptors (Lipinski definition) is 3. The fraction of sp³-hybridized carbons (Fsp3) is 0.688. The molecule has 1 aromatic rings. The smallest absolute Gasteiger partial charge is 0.188 e. The van der Waals surface area contributed by atoms with Crippen LogP contribution in [0.4, 0.5) is 0 Å². The first-order chi connectivity index (χ1) is 9.87. The Balaban J connectivity index is 2.04. The van der Waals surface area contributed by atoms with Gasteiger partial charge in [-0.25, -0.2) is 0 Å². The van der Waals surface area contributed by atoms with Crippen LogP contribution in [-0.4, -0.2) is 36.5 Å². The maximum atomic E-state index is 6.00. The summed E-state index contributed by atoms with van der Waals surface area (Å²) in [5.74, 6) is 1.10. The Morgan fingerprint density at radius 1 is 1.52 bits per heavy atom. The van der Waals surface area contributed by atoms with Crippen molar-refractivity contribution in [1.82, 2.24) is 10.2 Å². The number of thiophene rings is 1. The first-order valence-electron chi connectivity index (χ1n) is 7.68. The van der Waals surface area contributed by atoms with Crippen molar-refractivity contribution in [3.8, 4) is 0 Å². The molecule has 21 heavy (non-hydrogen) atoms. The number of piperidine rings is 1. The topological polar surface area (TPSA) is 53.6 Å². The second-order valence-electron chi connectivity index (χ2n) is 6.94. The highest BCUT2D eigenvalue weighted by Gasteiger charge is 2.31. The predicted octanol–water partition coefficient (Wildman–Crippen LogP) is 2.83. The molecule has 0 bridgehead atoms. The van der Waals surface area contributed by atoms with Gasteiger partial charge in [0, 0.05) is 23.0 Å². The summed E-state index contributed by atoms with van der Waals surface area (Å²) >= 11 is 1.84. The van der Waals surface area contributed by atoms with Crippen molar-refractivity contribution in [2.24, 2.45) is 16.6 Å². The molecule has 2 rings (SSSR count). The van der Waals surface area contributed by atoms with Crippen LogP contribution in [0.1, 0.15) is 44.5 Å². The third-order valence-electron chi connectivity index (χ3n) is 3.84. The molecule has 5 heteroatoms. The lowest BCUT2D eigenvalue weighted by Crippen LogP contribution is -2.45. The van der Waals surface area contributed by atoms with Gasteiger partial charge in [0.15, 0.2) is 5.96 Å². The summed E-state index contributed by atoms with van der Waals surface area (Å²) < 4.78 is 0. The van der Waals surface area contributed by atoms with E-state index in [4.69, 9.17) is 5.73 Å². The number of nitrogens with one attached hydrogen (secondary N) is 1. The number of hydrogen-bond donors (Lipinski definition) is 2. The molecule has 1 aliphatic rings. The molecule has 0 aromatic carbocycles. The molecule has 2 heterocycles. The summed E-state index contributed by atoms with van der Waals surface area (Å²) in [6, 6.07) is 4.85. The van der Waals surface area contributed by atoms with Crippen molar-refractivity contribution in [2.45, 2.75) is 45.2 Å². The SMILES string of the molecule is CN1CCCC(CN=C(N)NC(C)(C)C)C1c1cccs1. The van der Waals surface area contributed by atoms with Crippen molar-refractivity contribution in [1.29, 1.82) is 0 Å². The molecule has 0 radical (unpaired) electrons. The molecule has 0 amide bonds. The van der Waals surface area contributed by atoms with E-state index < -0.39 is 0 Å². The standard InChI is InChI=1S/C16H28N4S/c1-16(2,3)19-15(17)18-11-12-7-5-9-20(4)14(12)13-8-6-10-21-13/h6,8,10,12,14H,5,7,9,11H2,1-4H3,(H3,17,18,19). The summed E-state index contributed by atoms with van der Waals surface area (Å²) in [5, 5.41) is 5.40. The van der Waals surface area contributed by atoms with Gasteiger partial charge in [-0.15, -0.1) is 11.3 Å². The van der Waals surface area contributed by atoms with Crippen LogP contribution in [-0.2, 0) is 0 Å². The molecule has 1 aromatic heterocycles. The Morgan fingerprint density at radius 3 is 2.90 bits per heavy atom. The van der Waals surface area contributed by atoms with E-state index in [1.54, 1.807) is 0 Å². The maximum Gasteiger partial charge on any atom is 0.188 e. The van der Waals surface area contributed by atoms with Crippen LogP contribution in [0.3, 0.4) is 0 Å². The van der Waals surface area contributed by atoms with Crippen LogP contribution in [0.2, 0.25) is 0 Å². The fourth-order valence-corrected chi connectivity index (χ4v) is 3.98. The van der Waals surface area contributed by atoms with Gasteiger partial charge in [0.25, 0.3) is 0 Å². The second kappa shape index (κ2) is 6.79. The molecule has 1 aliphatic heterocycles. The number of rotatable bonds is 3. The zero-order valence-corrected chi connectivity index (χ0v) is 14.4. The van der Waals surface area contributed by atoms with E-state index in [2.05, 4.69) is 60.5 Å². The average molecular weight is 308 g/mol. The first kappa shape index (κ1) is 16.3. The quantitative estimate of drug-likeness (QED) is 0.667. The fourth-order valence-electron chi connectivity index (χ4n) is 3.00. The molecule has 2 unspecified atom stereocenters. The molecule has 0 aliphatic carbocycles. The molecule has 1 saturated heterocycles. The van der Waals surface area contributed by atoms with Crippen molar-refractivity contribution in [3.05, 3.63) is 22.4 Å². The molecule has 118 valence electrons. The van der Waals surface area contributed by atoms with Gasteiger partial charge in [-0.1, -0.05) is 6.07 Å². The minimum absolute atomic E-state index is 0.0376. The van der Waals surface area contributed by atoms with Gasteiger partial charge in [-0.2, -0.15) is 0 Å². The van der Waals surface area contributed by atoms with Crippen molar-refractivity contribution >= 4 is 17.3 Å². The largest absolute Gasteiger partial charge is 0.370 e. The highest BCUT2D eigenvalue weighted by molar-refractivity contribution is 7.10. The molecule has 3 N–H and O–H groups in total. The average Bonchev–Trinajstić information content (AvgIpc) is 2.87. The second-order valence-corrected chi connectivity index (χ2v) is 7.92. The lowest BCUT2D eigenvalue weighted by molar-refractivity contribution is 0.128. The summed E-state index contributed by atoms with van der Waals surface area (Å²) in [5.41, 5.74) is 5.97. The molecule has 4 nitrogen and oxygen atoms in total. The third kappa shape index (κ3) is 4.71. The van der Waals surface area contributed by atoms with Crippen LogP contribution in [0.5, 0.6) is 0 Å². The van der Waals surface area contributed by atoms with Gasteiger partial charge >= 0.3 is 0 Å². The van der Waals surface area contributed by atoms with Crippen LogP contribution in [0.25, 0.3) is 0 Å². The number of nitrogens with zero attached hydrogens (tertiary/aromatic N) is 2. The highest BCUT2D eigenvalue weighted by atomic mass is 32.1. The molecular formula is C16H28N4S. The Bertz CT molecular complexity index is 461. The van der Waals surface area contributed by atoms with Crippen molar-refractivity contribution in [2.75, 3.05) is 20.1 Å². The third-order valence-corrected chi connectivity index (χ3v) is 4.78. The number of aliphatic imine (C=N–C) groups is 1. The van der Waals surface area contributed by atoms with Crippen LogP contribution >= 0.6 is 11.3 Å². The number of nitrogens with two attached hydrogens (primary N) is 1. The van der Waals surface area contributed by atoms with E-state index in [-0.39, 0.29) is 5.54 Å². The zero-order valence-electron chi connectivity index (χ0n) is 13.6. The van der Waals surface area contributed by atoms with Gasteiger partial charge < -0.3 is 11.1 Å². The van der Waals surface area contributed by atoms with E-state index >= 15 is 0 Å². The maximum absolute atomic E-state index is 6.00. The lowest BCUT2D eigenvalue weighted by Gasteiger charge is -2.38. The molecule has 0 saturated carbocycles. The summed E-state index contributed by atoms with van der Waals surface area (Å²) in [4.78, 5) is 8.49. The van der Waals surface area contributed by atoms with Crippen molar-refractivity contribution < 1.29 is 0 Å². The van der Waals surface area contributed by atoms with Crippen molar-refractivity contribution in [3.63, 3.8) is 0 Å². The Hall–Kier alpha value is -1.07. The zero-order chi connectivity index (χ0) is 15.5. The molecular weight excluding hydrogens is 280 g/mol. The van der Waals surface area contributed by atoms with Gasteiger partial charge in [0.05, 0.1) is 0 Å². The number of likely N-dealkylation sites (tertiary alicyclic amines) is 1. The predicted molar refractivity (Wildman–Crippen MR) is 91.8 cm³/mol. The molecule has 1 fully saturated rings. The van der Waals surface area contributed by atoms with E-state index in [0.717, 1.165) is 6.54 Å². The lowest BCUT2D eigenvalue weighted by atomic mass is 9.88. The first-order valence-corrected chi connectivity index (χ1v) is 8.56. The van der Waals surface area contributed by atoms with E-state index in [1.807, 2.05) is 11.3 Å². The Kier molecular flexibility index (Phi) is 5.27. The normalized spacial score (nSPS) is 25.0. The Labute approximate surface area is 132 Å². The van der Waals surface area contributed by atoms with Crippen LogP contribution in [0, 0.1) is 5.92 Å². The minimum Gasteiger partial charge on any atom is -0.370 e. The highest BCUT2D eigenvalue weighted by Crippen LogP contribution is 2.37. The van der Waals surface area contributed by atoms with Gasteiger partial charge in [-0.3, -0.25) is 9.89 Å². The van der Waals surface area contributed by atoms with Crippen LogP contribution in [0.15, 0.2) is 22.5 Å². The van der Waals surface area contributed by atoms with Crippen LogP contribution < -0.4 is 11.1 Å². The van der Waals surface area contributed by atoms with E-state index in [1.165, 1.54) is 24.3 Å². The Morgan fingerprint density at radius 2 is 2.29 bits per heavy atom.